The second-order valence-electron chi connectivity index (χ2n) is 17.3. The van der Waals surface area contributed by atoms with Gasteiger partial charge < -0.3 is 9.47 Å². The number of aromatic nitrogens is 1. The molecule has 314 valence electrons. The maximum absolute atomic E-state index is 2.39. The first-order chi connectivity index (χ1) is 33.2. The number of hydrogen-bond donors (Lipinski definition) is 0. The Balaban J connectivity index is 0.864. The summed E-state index contributed by atoms with van der Waals surface area (Å²) in [7, 11) is 0. The predicted molar refractivity (Wildman–Crippen MR) is 288 cm³/mol. The summed E-state index contributed by atoms with van der Waals surface area (Å²) in [6.07, 6.45) is 0. The third-order valence-electron chi connectivity index (χ3n) is 13.4. The molecule has 0 radical (unpaired) electrons. The largest absolute Gasteiger partial charge is 0.311 e. The van der Waals surface area contributed by atoms with E-state index in [1.54, 1.807) is 0 Å². The Morgan fingerprint density at radius 2 is 0.731 bits per heavy atom. The van der Waals surface area contributed by atoms with Crippen molar-refractivity contribution in [2.45, 2.75) is 0 Å². The van der Waals surface area contributed by atoms with Gasteiger partial charge in [0.05, 0.1) is 11.0 Å². The van der Waals surface area contributed by atoms with Gasteiger partial charge in [0.15, 0.2) is 0 Å². The van der Waals surface area contributed by atoms with Gasteiger partial charge in [-0.2, -0.15) is 0 Å². The van der Waals surface area contributed by atoms with E-state index in [1.807, 2.05) is 11.3 Å². The van der Waals surface area contributed by atoms with Gasteiger partial charge in [0.2, 0.25) is 0 Å². The highest BCUT2D eigenvalue weighted by atomic mass is 32.1. The smallest absolute Gasteiger partial charge is 0.0541 e. The van der Waals surface area contributed by atoms with Crippen LogP contribution in [0.4, 0.5) is 17.1 Å². The summed E-state index contributed by atoms with van der Waals surface area (Å²) >= 11 is 1.89. The van der Waals surface area contributed by atoms with Crippen molar-refractivity contribution in [3.8, 4) is 50.2 Å². The minimum Gasteiger partial charge on any atom is -0.311 e. The van der Waals surface area contributed by atoms with Gasteiger partial charge in [0.25, 0.3) is 0 Å². The summed E-state index contributed by atoms with van der Waals surface area (Å²) in [4.78, 5) is 2.37. The van der Waals surface area contributed by atoms with E-state index in [0.717, 1.165) is 22.7 Å². The zero-order chi connectivity index (χ0) is 44.3. The first-order valence-electron chi connectivity index (χ1n) is 22.9. The molecular weight excluding hydrogens is 829 g/mol. The molecule has 0 saturated carbocycles. The van der Waals surface area contributed by atoms with E-state index in [1.165, 1.54) is 97.3 Å². The van der Waals surface area contributed by atoms with E-state index >= 15 is 0 Å². The van der Waals surface area contributed by atoms with Crippen LogP contribution in [0.1, 0.15) is 0 Å². The standard InChI is InChI=1S/C64H42N2S/c1-2-12-43(13-3-1)48-15-10-16-49(40-48)44-24-32-52(33-25-44)65(54-36-28-46(29-37-54)51-31-38-59-60-39-30-47-14-4-5-19-56(47)64(60)67-63(59)42-51)53-34-26-45(27-35-53)50-17-11-18-55(41-50)66-61-22-8-6-20-57(61)58-21-7-9-23-62(58)66/h1-42H. The minimum atomic E-state index is 1.09. The Morgan fingerprint density at radius 3 is 1.34 bits per heavy atom. The SMILES string of the molecule is c1ccc(-c2cccc(-c3ccc(N(c4ccc(-c5cccc(-n6c7ccccc7c7ccccc76)c5)cc4)c4ccc(-c5ccc6c(c5)sc5c7ccccc7ccc65)cc4)cc3)c2)cc1. The molecule has 0 aliphatic carbocycles. The summed E-state index contributed by atoms with van der Waals surface area (Å²) in [6.45, 7) is 0. The number of anilines is 3. The van der Waals surface area contributed by atoms with Crippen LogP contribution in [-0.4, -0.2) is 4.57 Å². The normalized spacial score (nSPS) is 11.6. The van der Waals surface area contributed by atoms with Crippen LogP contribution in [0.2, 0.25) is 0 Å². The van der Waals surface area contributed by atoms with Crippen LogP contribution < -0.4 is 4.90 Å². The van der Waals surface area contributed by atoms with E-state index in [2.05, 4.69) is 264 Å². The zero-order valence-electron chi connectivity index (χ0n) is 36.6. The Hall–Kier alpha value is -8.50. The van der Waals surface area contributed by atoms with Crippen LogP contribution in [0.3, 0.4) is 0 Å². The average Bonchev–Trinajstić information content (AvgIpc) is 3.96. The molecular formula is C64H42N2S. The summed E-state index contributed by atoms with van der Waals surface area (Å²) in [6, 6.07) is 93.0. The first kappa shape index (κ1) is 38.9. The fraction of sp³-hybridized carbons (Fsp3) is 0. The van der Waals surface area contributed by atoms with E-state index < -0.39 is 0 Å². The average molecular weight is 871 g/mol. The molecule has 0 spiro atoms. The lowest BCUT2D eigenvalue weighted by Gasteiger charge is -2.26. The lowest BCUT2D eigenvalue weighted by Crippen LogP contribution is -2.09. The van der Waals surface area contributed by atoms with Gasteiger partial charge in [-0.25, -0.2) is 0 Å². The van der Waals surface area contributed by atoms with Gasteiger partial charge >= 0.3 is 0 Å². The molecule has 11 aromatic carbocycles. The lowest BCUT2D eigenvalue weighted by atomic mass is 9.98. The minimum absolute atomic E-state index is 1.09. The third kappa shape index (κ3) is 6.88. The predicted octanol–water partition coefficient (Wildman–Crippen LogP) is 18.4. The topological polar surface area (TPSA) is 8.17 Å². The number of para-hydroxylation sites is 2. The molecule has 0 unspecified atom stereocenters. The fourth-order valence-corrected chi connectivity index (χ4v) is 11.4. The van der Waals surface area contributed by atoms with Crippen molar-refractivity contribution in [3.63, 3.8) is 0 Å². The molecule has 67 heavy (non-hydrogen) atoms. The fourth-order valence-electron chi connectivity index (χ4n) is 10.1. The van der Waals surface area contributed by atoms with E-state index in [9.17, 15) is 0 Å². The molecule has 0 aliphatic heterocycles. The van der Waals surface area contributed by atoms with Gasteiger partial charge in [-0.15, -0.1) is 11.3 Å². The Bertz CT molecular complexity index is 3900. The van der Waals surface area contributed by atoms with Crippen molar-refractivity contribution in [2.24, 2.45) is 0 Å². The maximum atomic E-state index is 2.39. The number of rotatable bonds is 8. The molecule has 0 saturated heterocycles. The molecule has 0 aliphatic rings. The van der Waals surface area contributed by atoms with Crippen LogP contribution in [0, 0.1) is 0 Å². The van der Waals surface area contributed by atoms with Crippen molar-refractivity contribution in [1.82, 2.24) is 4.57 Å². The second kappa shape index (κ2) is 16.2. The van der Waals surface area contributed by atoms with Crippen LogP contribution >= 0.6 is 11.3 Å². The number of fused-ring (bicyclic) bond motifs is 8. The monoisotopic (exact) mass is 870 g/mol. The van der Waals surface area contributed by atoms with Gasteiger partial charge in [0.1, 0.15) is 0 Å². The highest BCUT2D eigenvalue weighted by molar-refractivity contribution is 7.26. The first-order valence-corrected chi connectivity index (χ1v) is 23.7. The highest BCUT2D eigenvalue weighted by Crippen LogP contribution is 2.42. The van der Waals surface area contributed by atoms with Crippen molar-refractivity contribution in [2.75, 3.05) is 4.90 Å². The molecule has 2 nitrogen and oxygen atoms in total. The van der Waals surface area contributed by atoms with Gasteiger partial charge in [-0.1, -0.05) is 182 Å². The molecule has 2 heterocycles. The Labute approximate surface area is 393 Å². The highest BCUT2D eigenvalue weighted by Gasteiger charge is 2.17. The summed E-state index contributed by atoms with van der Waals surface area (Å²) in [5.41, 5.74) is 16.4. The molecule has 0 N–H and O–H groups in total. The van der Waals surface area contributed by atoms with Crippen molar-refractivity contribution >= 4 is 81.1 Å². The summed E-state index contributed by atoms with van der Waals surface area (Å²) < 4.78 is 5.05. The van der Waals surface area contributed by atoms with E-state index in [4.69, 9.17) is 0 Å². The summed E-state index contributed by atoms with van der Waals surface area (Å²) in [5, 5.41) is 7.78. The quantitative estimate of drug-likeness (QED) is 0.148. The summed E-state index contributed by atoms with van der Waals surface area (Å²) in [5.74, 6) is 0. The van der Waals surface area contributed by atoms with Gasteiger partial charge in [0, 0.05) is 53.7 Å². The van der Waals surface area contributed by atoms with Crippen molar-refractivity contribution in [3.05, 3.63) is 255 Å². The molecule has 2 aromatic heterocycles. The van der Waals surface area contributed by atoms with Gasteiger partial charge in [-0.05, 0) is 128 Å². The number of benzene rings is 11. The zero-order valence-corrected chi connectivity index (χ0v) is 37.4. The molecule has 0 fully saturated rings. The van der Waals surface area contributed by atoms with E-state index in [0.29, 0.717) is 0 Å². The lowest BCUT2D eigenvalue weighted by molar-refractivity contribution is 1.18. The third-order valence-corrected chi connectivity index (χ3v) is 14.6. The molecule has 0 amide bonds. The Morgan fingerprint density at radius 1 is 0.284 bits per heavy atom. The Kier molecular flexibility index (Phi) is 9.40. The molecule has 13 rings (SSSR count). The molecule has 13 aromatic rings. The van der Waals surface area contributed by atoms with Crippen LogP contribution in [-0.2, 0) is 0 Å². The van der Waals surface area contributed by atoms with Crippen LogP contribution in [0.5, 0.6) is 0 Å². The van der Waals surface area contributed by atoms with Crippen LogP contribution in [0.15, 0.2) is 255 Å². The second-order valence-corrected chi connectivity index (χ2v) is 18.4. The van der Waals surface area contributed by atoms with Gasteiger partial charge in [-0.3, -0.25) is 0 Å². The number of hydrogen-bond acceptors (Lipinski definition) is 2. The number of thiophene rings is 1. The van der Waals surface area contributed by atoms with Crippen molar-refractivity contribution < 1.29 is 0 Å². The number of nitrogens with zero attached hydrogens (tertiary/aromatic N) is 2. The molecule has 0 bridgehead atoms. The molecule has 0 atom stereocenters. The van der Waals surface area contributed by atoms with Crippen LogP contribution in [0.25, 0.3) is 103 Å². The van der Waals surface area contributed by atoms with Crippen molar-refractivity contribution in [1.29, 1.82) is 0 Å². The van der Waals surface area contributed by atoms with E-state index in [-0.39, 0.29) is 0 Å². The maximum Gasteiger partial charge on any atom is 0.0541 e. The molecule has 3 heteroatoms.